The van der Waals surface area contributed by atoms with E-state index >= 15 is 0 Å². The summed E-state index contributed by atoms with van der Waals surface area (Å²) in [5, 5.41) is 12.0. The van der Waals surface area contributed by atoms with E-state index in [4.69, 9.17) is 9.52 Å². The van der Waals surface area contributed by atoms with E-state index in [-0.39, 0.29) is 5.82 Å². The van der Waals surface area contributed by atoms with E-state index in [1.165, 1.54) is 12.1 Å². The average molecular weight is 291 g/mol. The van der Waals surface area contributed by atoms with E-state index in [1.54, 1.807) is 24.3 Å². The number of aliphatic carboxylic acids is 1. The van der Waals surface area contributed by atoms with Gasteiger partial charge in [0.1, 0.15) is 23.4 Å². The average Bonchev–Trinajstić information content (AvgIpc) is 2.92. The number of rotatable bonds is 7. The fourth-order valence-corrected chi connectivity index (χ4v) is 2.07. The standard InChI is InChI=1S/C16H18FNO3/c1-2-3-14(16(19)20)18-10-13-8-9-15(21-13)11-4-6-12(17)7-5-11/h4-9,14,18H,2-3,10H2,1H3,(H,19,20). The Morgan fingerprint density at radius 3 is 2.62 bits per heavy atom. The Balaban J connectivity index is 2.00. The lowest BCUT2D eigenvalue weighted by molar-refractivity contribution is -0.139. The first-order chi connectivity index (χ1) is 10.1. The van der Waals surface area contributed by atoms with Gasteiger partial charge in [0.2, 0.25) is 0 Å². The maximum atomic E-state index is 12.9. The number of furan rings is 1. The summed E-state index contributed by atoms with van der Waals surface area (Å²) in [5.41, 5.74) is 0.783. The van der Waals surface area contributed by atoms with E-state index < -0.39 is 12.0 Å². The maximum absolute atomic E-state index is 12.9. The Morgan fingerprint density at radius 2 is 2.00 bits per heavy atom. The van der Waals surface area contributed by atoms with Gasteiger partial charge in [-0.25, -0.2) is 4.39 Å². The van der Waals surface area contributed by atoms with Crippen LogP contribution in [0, 0.1) is 5.82 Å². The predicted octanol–water partition coefficient (Wildman–Crippen LogP) is 3.43. The van der Waals surface area contributed by atoms with Crippen molar-refractivity contribution in [3.8, 4) is 11.3 Å². The largest absolute Gasteiger partial charge is 0.480 e. The highest BCUT2D eigenvalue weighted by Crippen LogP contribution is 2.22. The molecule has 0 saturated heterocycles. The summed E-state index contributed by atoms with van der Waals surface area (Å²) in [6.45, 7) is 2.29. The molecule has 112 valence electrons. The molecule has 4 nitrogen and oxygen atoms in total. The van der Waals surface area contributed by atoms with E-state index in [0.29, 0.717) is 24.5 Å². The van der Waals surface area contributed by atoms with Crippen LogP contribution >= 0.6 is 0 Å². The van der Waals surface area contributed by atoms with Gasteiger partial charge in [0.15, 0.2) is 0 Å². The van der Waals surface area contributed by atoms with Crippen LogP contribution in [0.4, 0.5) is 4.39 Å². The van der Waals surface area contributed by atoms with Crippen LogP contribution in [-0.4, -0.2) is 17.1 Å². The van der Waals surface area contributed by atoms with Gasteiger partial charge in [-0.15, -0.1) is 0 Å². The molecule has 2 rings (SSSR count). The summed E-state index contributed by atoms with van der Waals surface area (Å²) in [6, 6.07) is 9.03. The van der Waals surface area contributed by atoms with E-state index in [1.807, 2.05) is 6.92 Å². The smallest absolute Gasteiger partial charge is 0.320 e. The summed E-state index contributed by atoms with van der Waals surface area (Å²) in [4.78, 5) is 11.0. The molecule has 21 heavy (non-hydrogen) atoms. The Kier molecular flexibility index (Phi) is 5.11. The number of nitrogens with one attached hydrogen (secondary N) is 1. The molecule has 5 heteroatoms. The van der Waals surface area contributed by atoms with Crippen LogP contribution in [0.3, 0.4) is 0 Å². The molecule has 1 aromatic heterocycles. The van der Waals surface area contributed by atoms with Crippen molar-refractivity contribution in [2.24, 2.45) is 0 Å². The second-order valence-corrected chi connectivity index (χ2v) is 4.83. The molecule has 1 heterocycles. The summed E-state index contributed by atoms with van der Waals surface area (Å²) in [5.74, 6) is 0.129. The number of halogens is 1. The summed E-state index contributed by atoms with van der Waals surface area (Å²) in [6.07, 6.45) is 1.36. The van der Waals surface area contributed by atoms with Crippen molar-refractivity contribution < 1.29 is 18.7 Å². The Bertz CT molecular complexity index is 592. The van der Waals surface area contributed by atoms with Crippen LogP contribution < -0.4 is 5.32 Å². The molecule has 2 N–H and O–H groups in total. The molecule has 0 radical (unpaired) electrons. The van der Waals surface area contributed by atoms with Crippen LogP contribution in [0.2, 0.25) is 0 Å². The quantitative estimate of drug-likeness (QED) is 0.820. The highest BCUT2D eigenvalue weighted by atomic mass is 19.1. The molecule has 2 aromatic rings. The van der Waals surface area contributed by atoms with Gasteiger partial charge in [0.25, 0.3) is 0 Å². The second-order valence-electron chi connectivity index (χ2n) is 4.83. The fraction of sp³-hybridized carbons (Fsp3) is 0.312. The zero-order valence-electron chi connectivity index (χ0n) is 11.8. The number of hydrogen-bond acceptors (Lipinski definition) is 3. The molecule has 0 saturated carbocycles. The number of carboxylic acid groups (broad SMARTS) is 1. The normalized spacial score (nSPS) is 12.3. The first kappa shape index (κ1) is 15.3. The molecular weight excluding hydrogens is 273 g/mol. The molecule has 0 bridgehead atoms. The van der Waals surface area contributed by atoms with Gasteiger partial charge >= 0.3 is 5.97 Å². The molecule has 0 aliphatic carbocycles. The van der Waals surface area contributed by atoms with Crippen LogP contribution in [0.25, 0.3) is 11.3 Å². The van der Waals surface area contributed by atoms with Crippen molar-refractivity contribution >= 4 is 5.97 Å². The molecule has 0 amide bonds. The van der Waals surface area contributed by atoms with Crippen molar-refractivity contribution in [2.45, 2.75) is 32.4 Å². The van der Waals surface area contributed by atoms with Crippen molar-refractivity contribution in [3.63, 3.8) is 0 Å². The molecule has 1 unspecified atom stereocenters. The van der Waals surface area contributed by atoms with Crippen molar-refractivity contribution in [1.29, 1.82) is 0 Å². The fourth-order valence-electron chi connectivity index (χ4n) is 2.07. The molecule has 0 aliphatic rings. The van der Waals surface area contributed by atoms with Gasteiger partial charge in [0.05, 0.1) is 6.54 Å². The Morgan fingerprint density at radius 1 is 1.29 bits per heavy atom. The van der Waals surface area contributed by atoms with Gasteiger partial charge in [0, 0.05) is 5.56 Å². The third kappa shape index (κ3) is 4.16. The number of benzene rings is 1. The van der Waals surface area contributed by atoms with Crippen molar-refractivity contribution in [1.82, 2.24) is 5.32 Å². The Labute approximate surface area is 122 Å². The lowest BCUT2D eigenvalue weighted by Gasteiger charge is -2.11. The third-order valence-electron chi connectivity index (χ3n) is 3.19. The number of hydrogen-bond donors (Lipinski definition) is 2. The van der Waals surface area contributed by atoms with E-state index in [9.17, 15) is 9.18 Å². The minimum Gasteiger partial charge on any atom is -0.480 e. The molecule has 0 aliphatic heterocycles. The second kappa shape index (κ2) is 7.04. The van der Waals surface area contributed by atoms with Gasteiger partial charge in [-0.2, -0.15) is 0 Å². The zero-order valence-corrected chi connectivity index (χ0v) is 11.8. The Hall–Kier alpha value is -2.14. The van der Waals surface area contributed by atoms with Crippen molar-refractivity contribution in [2.75, 3.05) is 0 Å². The van der Waals surface area contributed by atoms with Gasteiger partial charge in [-0.05, 0) is 42.8 Å². The predicted molar refractivity (Wildman–Crippen MR) is 77.3 cm³/mol. The minimum atomic E-state index is -0.859. The lowest BCUT2D eigenvalue weighted by atomic mass is 10.1. The van der Waals surface area contributed by atoms with Crippen LogP contribution in [0.5, 0.6) is 0 Å². The number of carbonyl (C=O) groups is 1. The first-order valence-electron chi connectivity index (χ1n) is 6.91. The van der Waals surface area contributed by atoms with Gasteiger partial charge < -0.3 is 9.52 Å². The molecule has 0 fully saturated rings. The SMILES string of the molecule is CCCC(NCc1ccc(-c2ccc(F)cc2)o1)C(=O)O. The van der Waals surface area contributed by atoms with Gasteiger partial charge in [-0.1, -0.05) is 13.3 Å². The topological polar surface area (TPSA) is 62.5 Å². The molecular formula is C16H18FNO3. The molecule has 1 aromatic carbocycles. The van der Waals surface area contributed by atoms with E-state index in [2.05, 4.69) is 5.32 Å². The van der Waals surface area contributed by atoms with E-state index in [0.717, 1.165) is 12.0 Å². The number of carboxylic acids is 1. The molecule has 0 spiro atoms. The lowest BCUT2D eigenvalue weighted by Crippen LogP contribution is -2.35. The highest BCUT2D eigenvalue weighted by molar-refractivity contribution is 5.73. The maximum Gasteiger partial charge on any atom is 0.320 e. The minimum absolute atomic E-state index is 0.295. The van der Waals surface area contributed by atoms with Gasteiger partial charge in [-0.3, -0.25) is 10.1 Å². The summed E-state index contributed by atoms with van der Waals surface area (Å²) < 4.78 is 18.5. The monoisotopic (exact) mass is 291 g/mol. The van der Waals surface area contributed by atoms with Crippen molar-refractivity contribution in [3.05, 3.63) is 48.0 Å². The van der Waals surface area contributed by atoms with Crippen LogP contribution in [0.15, 0.2) is 40.8 Å². The molecule has 1 atom stereocenters. The highest BCUT2D eigenvalue weighted by Gasteiger charge is 2.16. The van der Waals surface area contributed by atoms with Crippen LogP contribution in [-0.2, 0) is 11.3 Å². The third-order valence-corrected chi connectivity index (χ3v) is 3.19. The first-order valence-corrected chi connectivity index (χ1v) is 6.91. The van der Waals surface area contributed by atoms with Crippen LogP contribution in [0.1, 0.15) is 25.5 Å². The zero-order chi connectivity index (χ0) is 15.2. The summed E-state index contributed by atoms with van der Waals surface area (Å²) in [7, 11) is 0. The summed E-state index contributed by atoms with van der Waals surface area (Å²) >= 11 is 0.